The summed E-state index contributed by atoms with van der Waals surface area (Å²) >= 11 is 0. The Morgan fingerprint density at radius 2 is 0.769 bits per heavy atom. The highest BCUT2D eigenvalue weighted by Crippen LogP contribution is 2.48. The first kappa shape index (κ1) is 15.5. The standard InChI is InChI=1S/C12H26.CH4/c1-9(2)11(5,6)12(7,8)10(3)4;/h9-10H,1-8H3;1H4. The first-order valence-electron chi connectivity index (χ1n) is 5.14. The third-order valence-electron chi connectivity index (χ3n) is 4.55. The van der Waals surface area contributed by atoms with Crippen LogP contribution in [0.3, 0.4) is 0 Å². The number of rotatable bonds is 3. The normalized spacial score (nSPS) is 13.4. The molecule has 0 rings (SSSR count). The molecule has 0 unspecified atom stereocenters. The van der Waals surface area contributed by atoms with E-state index in [9.17, 15) is 0 Å². The maximum Gasteiger partial charge on any atom is -0.0277 e. The van der Waals surface area contributed by atoms with Gasteiger partial charge in [0.1, 0.15) is 0 Å². The zero-order valence-corrected chi connectivity index (χ0v) is 10.2. The van der Waals surface area contributed by atoms with Crippen LogP contribution in [0.25, 0.3) is 0 Å². The Balaban J connectivity index is 0. The van der Waals surface area contributed by atoms with Crippen molar-refractivity contribution in [2.45, 2.75) is 62.8 Å². The Morgan fingerprint density at radius 3 is 0.846 bits per heavy atom. The summed E-state index contributed by atoms with van der Waals surface area (Å²) in [5.74, 6) is 1.49. The van der Waals surface area contributed by atoms with Gasteiger partial charge in [-0.05, 0) is 22.7 Å². The quantitative estimate of drug-likeness (QED) is 0.582. The molecule has 0 N–H and O–H groups in total. The van der Waals surface area contributed by atoms with Crippen LogP contribution in [0, 0.1) is 22.7 Å². The van der Waals surface area contributed by atoms with Crippen LogP contribution < -0.4 is 0 Å². The van der Waals surface area contributed by atoms with Crippen LogP contribution in [-0.4, -0.2) is 0 Å². The van der Waals surface area contributed by atoms with Gasteiger partial charge >= 0.3 is 0 Å². The summed E-state index contributed by atoms with van der Waals surface area (Å²) in [6, 6.07) is 0. The van der Waals surface area contributed by atoms with Crippen molar-refractivity contribution >= 4 is 0 Å². The average molecular weight is 186 g/mol. The molecule has 0 radical (unpaired) electrons. The Bertz CT molecular complexity index is 120. The van der Waals surface area contributed by atoms with Gasteiger partial charge in [0, 0.05) is 0 Å². The zero-order chi connectivity index (χ0) is 10.2. The van der Waals surface area contributed by atoms with Crippen LogP contribution in [0.2, 0.25) is 0 Å². The van der Waals surface area contributed by atoms with Gasteiger partial charge in [0.25, 0.3) is 0 Å². The van der Waals surface area contributed by atoms with Crippen molar-refractivity contribution in [2.75, 3.05) is 0 Å². The molecule has 0 aromatic carbocycles. The first-order valence-corrected chi connectivity index (χ1v) is 5.14. The van der Waals surface area contributed by atoms with Gasteiger partial charge in [0.2, 0.25) is 0 Å². The third-order valence-corrected chi connectivity index (χ3v) is 4.55. The van der Waals surface area contributed by atoms with E-state index in [1.807, 2.05) is 0 Å². The predicted octanol–water partition coefficient (Wildman–Crippen LogP) is 4.99. The molecule has 13 heavy (non-hydrogen) atoms. The van der Waals surface area contributed by atoms with E-state index in [1.54, 1.807) is 0 Å². The summed E-state index contributed by atoms with van der Waals surface area (Å²) in [6.45, 7) is 18.8. The van der Waals surface area contributed by atoms with Gasteiger partial charge in [0.15, 0.2) is 0 Å². The molecule has 0 aliphatic carbocycles. The topological polar surface area (TPSA) is 0 Å². The molecule has 0 aliphatic rings. The average Bonchev–Trinajstić information content (AvgIpc) is 1.86. The van der Waals surface area contributed by atoms with E-state index in [1.165, 1.54) is 0 Å². The van der Waals surface area contributed by atoms with Gasteiger partial charge in [-0.15, -0.1) is 0 Å². The third kappa shape index (κ3) is 2.72. The van der Waals surface area contributed by atoms with Crippen LogP contribution in [0.15, 0.2) is 0 Å². The second kappa shape index (κ2) is 4.48. The summed E-state index contributed by atoms with van der Waals surface area (Å²) in [6.07, 6.45) is 0. The molecule has 0 nitrogen and oxygen atoms in total. The van der Waals surface area contributed by atoms with Gasteiger partial charge in [-0.2, -0.15) is 0 Å². The minimum Gasteiger partial charge on any atom is -0.0776 e. The minimum absolute atomic E-state index is 0. The largest absolute Gasteiger partial charge is 0.0776 e. The number of hydrogen-bond acceptors (Lipinski definition) is 0. The summed E-state index contributed by atoms with van der Waals surface area (Å²) in [4.78, 5) is 0. The fourth-order valence-corrected chi connectivity index (χ4v) is 1.49. The molecule has 0 saturated heterocycles. The Kier molecular flexibility index (Phi) is 5.33. The molecule has 0 heterocycles. The predicted molar refractivity (Wildman–Crippen MR) is 64.0 cm³/mol. The molecule has 0 spiro atoms. The van der Waals surface area contributed by atoms with E-state index in [2.05, 4.69) is 55.4 Å². The van der Waals surface area contributed by atoms with E-state index in [0.717, 1.165) is 11.8 Å². The lowest BCUT2D eigenvalue weighted by molar-refractivity contribution is 0.0135. The van der Waals surface area contributed by atoms with Crippen molar-refractivity contribution in [1.29, 1.82) is 0 Å². The molecule has 0 amide bonds. The molecule has 82 valence electrons. The van der Waals surface area contributed by atoms with Gasteiger partial charge in [-0.25, -0.2) is 0 Å². The lowest BCUT2D eigenvalue weighted by Gasteiger charge is -2.48. The maximum absolute atomic E-state index is 2.39. The van der Waals surface area contributed by atoms with E-state index >= 15 is 0 Å². The molecule has 0 aromatic heterocycles. The highest BCUT2D eigenvalue weighted by molar-refractivity contribution is 4.90. The lowest BCUT2D eigenvalue weighted by atomic mass is 9.57. The molecule has 0 aliphatic heterocycles. The molecule has 0 saturated carbocycles. The lowest BCUT2D eigenvalue weighted by Crippen LogP contribution is -2.40. The zero-order valence-electron chi connectivity index (χ0n) is 10.2. The van der Waals surface area contributed by atoms with Crippen LogP contribution in [0.1, 0.15) is 62.8 Å². The van der Waals surface area contributed by atoms with Crippen LogP contribution in [0.5, 0.6) is 0 Å². The Hall–Kier alpha value is 0. The molecule has 0 bridgehead atoms. The SMILES string of the molecule is C.CC(C)C(C)(C)C(C)(C)C(C)C. The van der Waals surface area contributed by atoms with E-state index in [4.69, 9.17) is 0 Å². The van der Waals surface area contributed by atoms with Crippen molar-refractivity contribution in [1.82, 2.24) is 0 Å². The van der Waals surface area contributed by atoms with Crippen LogP contribution in [0.4, 0.5) is 0 Å². The Morgan fingerprint density at radius 1 is 0.615 bits per heavy atom. The smallest absolute Gasteiger partial charge is 0.0277 e. The van der Waals surface area contributed by atoms with Crippen molar-refractivity contribution in [3.05, 3.63) is 0 Å². The first-order chi connectivity index (χ1) is 5.14. The van der Waals surface area contributed by atoms with Crippen LogP contribution in [-0.2, 0) is 0 Å². The van der Waals surface area contributed by atoms with Crippen molar-refractivity contribution in [3.8, 4) is 0 Å². The highest BCUT2D eigenvalue weighted by Gasteiger charge is 2.41. The van der Waals surface area contributed by atoms with E-state index in [0.29, 0.717) is 10.8 Å². The number of hydrogen-bond donors (Lipinski definition) is 0. The molecule has 0 atom stereocenters. The second-order valence-electron chi connectivity index (χ2n) is 5.75. The molecular formula is C13H30. The summed E-state index contributed by atoms with van der Waals surface area (Å²) in [7, 11) is 0. The molecule has 0 heteroatoms. The summed E-state index contributed by atoms with van der Waals surface area (Å²) in [5.41, 5.74) is 0.836. The van der Waals surface area contributed by atoms with Gasteiger partial charge < -0.3 is 0 Å². The van der Waals surface area contributed by atoms with Crippen LogP contribution >= 0.6 is 0 Å². The van der Waals surface area contributed by atoms with E-state index < -0.39 is 0 Å². The minimum atomic E-state index is 0. The summed E-state index contributed by atoms with van der Waals surface area (Å²) < 4.78 is 0. The second-order valence-corrected chi connectivity index (χ2v) is 5.75. The monoisotopic (exact) mass is 186 g/mol. The highest BCUT2D eigenvalue weighted by atomic mass is 14.5. The van der Waals surface area contributed by atoms with Crippen molar-refractivity contribution in [3.63, 3.8) is 0 Å². The van der Waals surface area contributed by atoms with Crippen molar-refractivity contribution in [2.24, 2.45) is 22.7 Å². The maximum atomic E-state index is 2.39. The molecule has 0 fully saturated rings. The fraction of sp³-hybridized carbons (Fsp3) is 1.00. The van der Waals surface area contributed by atoms with E-state index in [-0.39, 0.29) is 7.43 Å². The Labute approximate surface area is 86.1 Å². The van der Waals surface area contributed by atoms with Crippen molar-refractivity contribution < 1.29 is 0 Å². The van der Waals surface area contributed by atoms with Gasteiger partial charge in [-0.3, -0.25) is 0 Å². The van der Waals surface area contributed by atoms with Gasteiger partial charge in [0.05, 0.1) is 0 Å². The summed E-state index contributed by atoms with van der Waals surface area (Å²) in [5, 5.41) is 0. The molecular weight excluding hydrogens is 156 g/mol. The fourth-order valence-electron chi connectivity index (χ4n) is 1.49. The van der Waals surface area contributed by atoms with Gasteiger partial charge in [-0.1, -0.05) is 62.8 Å². The molecule has 0 aromatic rings.